The number of carbonyl (C=O) groups is 2. The highest BCUT2D eigenvalue weighted by Crippen LogP contribution is 2.14. The molecule has 0 rings (SSSR count). The van der Waals surface area contributed by atoms with Gasteiger partial charge in [0.15, 0.2) is 0 Å². The number of amides is 1. The summed E-state index contributed by atoms with van der Waals surface area (Å²) in [7, 11) is 0. The van der Waals surface area contributed by atoms with E-state index in [1.807, 2.05) is 0 Å². The normalized spacial score (nSPS) is 11.3. The van der Waals surface area contributed by atoms with Crippen LogP contribution < -0.4 is 0 Å². The number of aliphatic carboxylic acids is 1. The zero-order chi connectivity index (χ0) is 13.5. The van der Waals surface area contributed by atoms with Crippen molar-refractivity contribution in [3.63, 3.8) is 0 Å². The highest BCUT2D eigenvalue weighted by Gasteiger charge is 2.27. The van der Waals surface area contributed by atoms with E-state index >= 15 is 0 Å². The largest absolute Gasteiger partial charge is 0.480 e. The molecule has 0 fully saturated rings. The Balaban J connectivity index is 3.87. The molecule has 0 aromatic carbocycles. The lowest BCUT2D eigenvalue weighted by Crippen LogP contribution is -2.36. The molecule has 0 aromatic rings. The first-order chi connectivity index (χ1) is 7.76. The molecule has 0 unspecified atom stereocenters. The van der Waals surface area contributed by atoms with Gasteiger partial charge in [-0.15, -0.1) is 0 Å². The highest BCUT2D eigenvalue weighted by molar-refractivity contribution is 5.81. The molecule has 0 bridgehead atoms. The summed E-state index contributed by atoms with van der Waals surface area (Å²) in [6.45, 7) is -0.490. The molecule has 1 amide bonds. The van der Waals surface area contributed by atoms with Crippen molar-refractivity contribution in [3.8, 4) is 0 Å². The first-order valence-corrected chi connectivity index (χ1v) is 4.90. The maximum Gasteiger partial charge on any atom is 0.411 e. The lowest BCUT2D eigenvalue weighted by atomic mass is 10.3. The molecule has 5 nitrogen and oxygen atoms in total. The van der Waals surface area contributed by atoms with Crippen LogP contribution in [0.4, 0.5) is 13.2 Å². The molecule has 0 aliphatic rings. The molecule has 0 atom stereocenters. The Labute approximate surface area is 96.1 Å². The van der Waals surface area contributed by atoms with Gasteiger partial charge in [0.1, 0.15) is 13.2 Å². The Morgan fingerprint density at radius 1 is 1.35 bits per heavy atom. The van der Waals surface area contributed by atoms with Crippen molar-refractivity contribution in [2.24, 2.45) is 0 Å². The zero-order valence-electron chi connectivity index (χ0n) is 9.29. The first kappa shape index (κ1) is 15.7. The van der Waals surface area contributed by atoms with Crippen LogP contribution in [0.15, 0.2) is 0 Å². The average molecular weight is 257 g/mol. The quantitative estimate of drug-likeness (QED) is 0.688. The van der Waals surface area contributed by atoms with E-state index in [9.17, 15) is 22.8 Å². The van der Waals surface area contributed by atoms with Gasteiger partial charge in [0, 0.05) is 6.54 Å². The smallest absolute Gasteiger partial charge is 0.411 e. The van der Waals surface area contributed by atoms with Gasteiger partial charge >= 0.3 is 12.1 Å². The third-order valence-electron chi connectivity index (χ3n) is 1.79. The molecule has 1 N–H and O–H groups in total. The van der Waals surface area contributed by atoms with Gasteiger partial charge in [0.05, 0.1) is 13.0 Å². The topological polar surface area (TPSA) is 66.8 Å². The number of alkyl halides is 3. The Morgan fingerprint density at radius 2 is 1.94 bits per heavy atom. The van der Waals surface area contributed by atoms with Gasteiger partial charge in [-0.2, -0.15) is 13.2 Å². The third kappa shape index (κ3) is 8.49. The van der Waals surface area contributed by atoms with Gasteiger partial charge in [-0.3, -0.25) is 9.59 Å². The lowest BCUT2D eigenvalue weighted by Gasteiger charge is -2.18. The van der Waals surface area contributed by atoms with Crippen molar-refractivity contribution in [2.45, 2.75) is 19.5 Å². The average Bonchev–Trinajstić information content (AvgIpc) is 2.19. The number of hydrogen-bond donors (Lipinski definition) is 1. The monoisotopic (exact) mass is 257 g/mol. The minimum absolute atomic E-state index is 0.185. The third-order valence-corrected chi connectivity index (χ3v) is 1.79. The number of ether oxygens (including phenoxy) is 1. The van der Waals surface area contributed by atoms with E-state index in [0.29, 0.717) is 0 Å². The van der Waals surface area contributed by atoms with E-state index in [1.54, 1.807) is 6.92 Å². The van der Waals surface area contributed by atoms with E-state index in [0.717, 1.165) is 4.90 Å². The van der Waals surface area contributed by atoms with Crippen LogP contribution in [0.3, 0.4) is 0 Å². The predicted molar refractivity (Wildman–Crippen MR) is 51.4 cm³/mol. The molecule has 0 saturated carbocycles. The number of halogens is 3. The molecule has 0 radical (unpaired) electrons. The standard InChI is InChI=1S/C9H14F3NO4/c1-2-13(5-8(15)16)7(14)3-4-17-6-9(10,11)12/h2-6H2,1H3,(H,15,16). The maximum atomic E-state index is 11.7. The second-order valence-electron chi connectivity index (χ2n) is 3.22. The molecular weight excluding hydrogens is 243 g/mol. The minimum Gasteiger partial charge on any atom is -0.480 e. The second kappa shape index (κ2) is 7.10. The summed E-state index contributed by atoms with van der Waals surface area (Å²) >= 11 is 0. The predicted octanol–water partition coefficient (Wildman–Crippen LogP) is 0.888. The number of carbonyl (C=O) groups excluding carboxylic acids is 1. The molecule has 0 aromatic heterocycles. The van der Waals surface area contributed by atoms with Crippen molar-refractivity contribution < 1.29 is 32.6 Å². The number of rotatable bonds is 7. The molecule has 0 heterocycles. The molecule has 8 heteroatoms. The van der Waals surface area contributed by atoms with Crippen LogP contribution in [0.5, 0.6) is 0 Å². The van der Waals surface area contributed by atoms with Gasteiger partial charge in [0.25, 0.3) is 0 Å². The summed E-state index contributed by atoms with van der Waals surface area (Å²) < 4.78 is 39.3. The van der Waals surface area contributed by atoms with Gasteiger partial charge < -0.3 is 14.7 Å². The van der Waals surface area contributed by atoms with Crippen LogP contribution in [-0.2, 0) is 14.3 Å². The number of nitrogens with zero attached hydrogens (tertiary/aromatic N) is 1. The molecule has 0 aliphatic heterocycles. The van der Waals surface area contributed by atoms with E-state index in [-0.39, 0.29) is 19.6 Å². The van der Waals surface area contributed by atoms with Crippen molar-refractivity contribution in [2.75, 3.05) is 26.3 Å². The summed E-state index contributed by atoms with van der Waals surface area (Å²) in [4.78, 5) is 22.7. The first-order valence-electron chi connectivity index (χ1n) is 4.90. The van der Waals surface area contributed by atoms with E-state index in [4.69, 9.17) is 5.11 Å². The fourth-order valence-corrected chi connectivity index (χ4v) is 1.05. The van der Waals surface area contributed by atoms with E-state index < -0.39 is 31.2 Å². The van der Waals surface area contributed by atoms with Crippen LogP contribution in [0.1, 0.15) is 13.3 Å². The SMILES string of the molecule is CCN(CC(=O)O)C(=O)CCOCC(F)(F)F. The fraction of sp³-hybridized carbons (Fsp3) is 0.778. The minimum atomic E-state index is -4.42. The fourth-order valence-electron chi connectivity index (χ4n) is 1.05. The summed E-state index contributed by atoms with van der Waals surface area (Å²) in [6.07, 6.45) is -4.69. The number of hydrogen-bond acceptors (Lipinski definition) is 3. The van der Waals surface area contributed by atoms with Crippen molar-refractivity contribution in [1.29, 1.82) is 0 Å². The zero-order valence-corrected chi connectivity index (χ0v) is 9.29. The van der Waals surface area contributed by atoms with Gasteiger partial charge in [0.2, 0.25) is 5.91 Å². The van der Waals surface area contributed by atoms with E-state index in [2.05, 4.69) is 4.74 Å². The molecule has 0 spiro atoms. The van der Waals surface area contributed by atoms with Crippen LogP contribution in [0, 0.1) is 0 Å². The molecule has 0 aliphatic carbocycles. The van der Waals surface area contributed by atoms with Crippen LogP contribution >= 0.6 is 0 Å². The molecule has 17 heavy (non-hydrogen) atoms. The van der Waals surface area contributed by atoms with Gasteiger partial charge in [-0.1, -0.05) is 0 Å². The number of likely N-dealkylation sites (N-methyl/N-ethyl adjacent to an activating group) is 1. The van der Waals surface area contributed by atoms with Crippen LogP contribution in [0.25, 0.3) is 0 Å². The van der Waals surface area contributed by atoms with E-state index in [1.165, 1.54) is 0 Å². The molecule has 100 valence electrons. The van der Waals surface area contributed by atoms with Gasteiger partial charge in [-0.05, 0) is 6.92 Å². The summed E-state index contributed by atoms with van der Waals surface area (Å²) in [5, 5.41) is 8.47. The second-order valence-corrected chi connectivity index (χ2v) is 3.22. The van der Waals surface area contributed by atoms with Crippen LogP contribution in [0.2, 0.25) is 0 Å². The summed E-state index contributed by atoms with van der Waals surface area (Å²) in [5.41, 5.74) is 0. The summed E-state index contributed by atoms with van der Waals surface area (Å²) in [6, 6.07) is 0. The van der Waals surface area contributed by atoms with Gasteiger partial charge in [-0.25, -0.2) is 0 Å². The Bertz CT molecular complexity index is 267. The Kier molecular flexibility index (Phi) is 6.55. The Hall–Kier alpha value is -1.31. The van der Waals surface area contributed by atoms with Crippen molar-refractivity contribution in [1.82, 2.24) is 4.90 Å². The molecule has 0 saturated heterocycles. The van der Waals surface area contributed by atoms with Crippen molar-refractivity contribution >= 4 is 11.9 Å². The van der Waals surface area contributed by atoms with Crippen molar-refractivity contribution in [3.05, 3.63) is 0 Å². The summed E-state index contributed by atoms with van der Waals surface area (Å²) in [5.74, 6) is -1.71. The highest BCUT2D eigenvalue weighted by atomic mass is 19.4. The van der Waals surface area contributed by atoms with Crippen LogP contribution in [-0.4, -0.2) is 54.4 Å². The maximum absolute atomic E-state index is 11.7. The number of carboxylic acids is 1. The molecular formula is C9H14F3NO4. The lowest BCUT2D eigenvalue weighted by molar-refractivity contribution is -0.175. The Morgan fingerprint density at radius 3 is 2.35 bits per heavy atom. The number of carboxylic acid groups (broad SMARTS) is 1.